The van der Waals surface area contributed by atoms with Crippen molar-refractivity contribution < 1.29 is 129 Å². The number of urea groups is 2. The summed E-state index contributed by atoms with van der Waals surface area (Å²) < 4.78 is 182. The number of benzene rings is 6. The van der Waals surface area contributed by atoms with E-state index in [1.54, 1.807) is 111 Å². The van der Waals surface area contributed by atoms with Crippen molar-refractivity contribution in [1.29, 1.82) is 0 Å². The molecule has 6 aromatic carbocycles. The SMILES string of the molecule is CC(C)(C)OC(=O)N1CCC2(CC1)C(=O)N(Cc1nc(-c3ccc(Oc4ccccc4C(C)(C)C)c(C(F)(F)F)c3)no1)C(=O)N2CCC1CCOCC1.CC(C)(C)OC(=O)N1CCC2(CC1)CC(=O)NC2=O.CC(C)(C)OC(=O)N1CCC2(CC1)NC(=O)N(Cc1nc(-c3ccc(Oc4ccccc4C(C)(C)C)c(C(F)(F)F)c3)no1)C2=O.CC(C)(C)c1ccccc1Oc1ccc(-c2noc(CCl)n2)cc1C(F)(F)F. The Hall–Kier alpha value is -13.4. The van der Waals surface area contributed by atoms with Crippen molar-refractivity contribution in [2.75, 3.05) is 59.0 Å². The number of piperidine rings is 3. The molecule has 16 rings (SSSR count). The van der Waals surface area contributed by atoms with Crippen molar-refractivity contribution in [3.63, 3.8) is 0 Å². The van der Waals surface area contributed by atoms with Crippen molar-refractivity contribution in [3.05, 3.63) is 178 Å². The molecule has 43 heteroatoms. The molecule has 0 bridgehead atoms. The number of rotatable bonds is 17. The van der Waals surface area contributed by atoms with Gasteiger partial charge in [-0.2, -0.15) is 54.5 Å². The molecule has 0 unspecified atom stereocenters. The lowest BCUT2D eigenvalue weighted by molar-refractivity contribution is -0.139. The molecular weight excluding hydrogens is 1960 g/mol. The Morgan fingerprint density at radius 3 is 1.11 bits per heavy atom. The molecule has 7 aliphatic rings. The van der Waals surface area contributed by atoms with E-state index in [4.69, 9.17) is 58.3 Å². The normalized spacial score (nSPS) is 17.4. The Labute approximate surface area is 849 Å². The molecule has 0 aliphatic carbocycles. The molecule has 7 saturated heterocycles. The molecule has 33 nitrogen and oxygen atoms in total. The number of ether oxygens (including phenoxy) is 7. The number of para-hydroxylation sites is 3. The maximum Gasteiger partial charge on any atom is 0.420 e. The molecule has 147 heavy (non-hydrogen) atoms. The van der Waals surface area contributed by atoms with Gasteiger partial charge in [-0.05, 0) is 215 Å². The van der Waals surface area contributed by atoms with E-state index in [2.05, 4.69) is 41.1 Å². The van der Waals surface area contributed by atoms with Crippen LogP contribution in [0.4, 0.5) is 63.5 Å². The summed E-state index contributed by atoms with van der Waals surface area (Å²) in [6.45, 7) is 36.2. The van der Waals surface area contributed by atoms with Gasteiger partial charge in [0.2, 0.25) is 47.0 Å². The van der Waals surface area contributed by atoms with Crippen LogP contribution in [-0.4, -0.2) is 201 Å². The quantitative estimate of drug-likeness (QED) is 0.0281. The van der Waals surface area contributed by atoms with E-state index in [1.807, 2.05) is 101 Å². The van der Waals surface area contributed by atoms with E-state index < -0.39 is 105 Å². The summed E-state index contributed by atoms with van der Waals surface area (Å²) in [5, 5.41) is 16.5. The molecule has 2 N–H and O–H groups in total. The minimum absolute atomic E-state index is 0.00182. The van der Waals surface area contributed by atoms with Crippen molar-refractivity contribution in [2.45, 2.75) is 270 Å². The topological polar surface area (TPSA) is 378 Å². The molecule has 7 fully saturated rings. The first-order chi connectivity index (χ1) is 68.5. The third-order valence-corrected chi connectivity index (χ3v) is 25.8. The molecule has 792 valence electrons. The van der Waals surface area contributed by atoms with E-state index in [9.17, 15) is 82.7 Å². The standard InChI is InChI=1S/C39H48F3N5O7.C32H36F3N5O6.C20H18ClF3N2O2.C13H20N2O4/c1-36(2,3)27-9-7-8-10-29(27)52-30-12-11-26(23-28(30)39(40,41)42)32-43-31(54-44-32)24-46-33(48)38(16-19-45(20-17-38)35(50)53-37(4,5)6)47(34(46)49)18-13-25-14-21-51-22-15-25;1-29(2,3)20-9-7-8-10-22(20)44-23-12-11-19(17-21(23)32(33,34)35)25-36-24(46-38-25)18-40-26(41)31(37-27(40)42)13-15-39(16-14-31)28(43)45-30(4,5)6;1-19(2,3)13-6-4-5-7-15(13)27-16-9-8-12(10-14(16)20(22,23)24)18-25-17(11-21)28-26-18;1-12(2,3)19-11(18)15-6-4-13(5-7-15)8-9(16)14-10(13)17/h7-12,23,25H,13-22,24H2,1-6H3;7-12,17H,13-16,18H2,1-6H3,(H,37,42);4-10H,11H2,1-3H3;4-8H2,1-3H3,(H,14,16,17). The van der Waals surface area contributed by atoms with Gasteiger partial charge in [0.15, 0.2) is 0 Å². The van der Waals surface area contributed by atoms with Crippen molar-refractivity contribution in [2.24, 2.45) is 11.3 Å². The Morgan fingerprint density at radius 2 is 0.769 bits per heavy atom. The number of nitrogens with zero attached hydrogens (tertiary/aromatic N) is 12. The molecule has 3 spiro atoms. The number of imide groups is 3. The summed E-state index contributed by atoms with van der Waals surface area (Å²) in [5.74, 6) is -1.55. The number of aromatic nitrogens is 6. The van der Waals surface area contributed by atoms with Crippen LogP contribution in [0.3, 0.4) is 0 Å². The van der Waals surface area contributed by atoms with Crippen molar-refractivity contribution in [3.8, 4) is 68.7 Å². The summed E-state index contributed by atoms with van der Waals surface area (Å²) in [6.07, 6.45) is -11.0. The number of halogens is 10. The number of carbonyl (C=O) groups excluding carboxylic acids is 9. The second-order valence-electron chi connectivity index (χ2n) is 43.2. The largest absolute Gasteiger partial charge is 0.456 e. The number of hydrogen-bond donors (Lipinski definition) is 2. The van der Waals surface area contributed by atoms with E-state index in [0.29, 0.717) is 75.3 Å². The predicted molar refractivity (Wildman–Crippen MR) is 516 cm³/mol. The molecular formula is C104H122ClF9N14O19. The second kappa shape index (κ2) is 43.2. The van der Waals surface area contributed by atoms with Crippen LogP contribution in [0.5, 0.6) is 34.5 Å². The molecule has 0 saturated carbocycles. The highest BCUT2D eigenvalue weighted by Gasteiger charge is 2.60. The number of carbonyl (C=O) groups is 9. The summed E-state index contributed by atoms with van der Waals surface area (Å²) in [4.78, 5) is 135. The first-order valence-corrected chi connectivity index (χ1v) is 48.7. The molecule has 7 aliphatic heterocycles. The van der Waals surface area contributed by atoms with Crippen LogP contribution in [0.25, 0.3) is 34.2 Å². The third kappa shape index (κ3) is 27.0. The minimum Gasteiger partial charge on any atom is -0.456 e. The highest BCUT2D eigenvalue weighted by atomic mass is 35.5. The highest BCUT2D eigenvalue weighted by molar-refractivity contribution is 6.16. The first kappa shape index (κ1) is 111. The second-order valence-corrected chi connectivity index (χ2v) is 43.4. The maximum absolute atomic E-state index is 14.4. The van der Waals surface area contributed by atoms with Crippen LogP contribution in [0.2, 0.25) is 0 Å². The smallest absolute Gasteiger partial charge is 0.420 e. The lowest BCUT2D eigenvalue weighted by atomic mass is 9.77. The zero-order valence-electron chi connectivity index (χ0n) is 85.2. The number of nitrogens with one attached hydrogen (secondary N) is 2. The average Bonchev–Trinajstić information content (AvgIpc) is 1.58. The zero-order chi connectivity index (χ0) is 107. The van der Waals surface area contributed by atoms with Gasteiger partial charge in [0.25, 0.3) is 11.8 Å². The summed E-state index contributed by atoms with van der Waals surface area (Å²) in [7, 11) is 0. The van der Waals surface area contributed by atoms with E-state index in [1.165, 1.54) is 41.3 Å². The summed E-state index contributed by atoms with van der Waals surface area (Å²) >= 11 is 5.60. The van der Waals surface area contributed by atoms with Crippen LogP contribution in [-0.2, 0) is 91.9 Å². The lowest BCUT2D eigenvalue weighted by Gasteiger charge is -2.42. The highest BCUT2D eigenvalue weighted by Crippen LogP contribution is 2.49. The average molecular weight is 2080 g/mol. The number of likely N-dealkylation sites (tertiary alicyclic amines) is 3. The Kier molecular flexibility index (Phi) is 32.5. The first-order valence-electron chi connectivity index (χ1n) is 48.2. The monoisotopic (exact) mass is 2080 g/mol. The maximum atomic E-state index is 14.4. The van der Waals surface area contributed by atoms with Gasteiger partial charge < -0.3 is 71.6 Å². The van der Waals surface area contributed by atoms with Crippen LogP contribution in [0.15, 0.2) is 141 Å². The Morgan fingerprint density at radius 1 is 0.429 bits per heavy atom. The molecule has 0 atom stereocenters. The number of hydrogen-bond acceptors (Lipinski definition) is 25. The van der Waals surface area contributed by atoms with Crippen LogP contribution in [0, 0.1) is 11.3 Å². The van der Waals surface area contributed by atoms with Gasteiger partial charge in [-0.25, -0.2) is 24.0 Å². The van der Waals surface area contributed by atoms with E-state index in [0.717, 1.165) is 57.5 Å². The van der Waals surface area contributed by atoms with Gasteiger partial charge in [0.1, 0.15) is 81.3 Å². The van der Waals surface area contributed by atoms with E-state index in [-0.39, 0.29) is 180 Å². The Bertz CT molecular complexity index is 6310. The van der Waals surface area contributed by atoms with Crippen LogP contribution < -0.4 is 24.8 Å². The fourth-order valence-electron chi connectivity index (χ4n) is 17.9. The van der Waals surface area contributed by atoms with Crippen LogP contribution >= 0.6 is 11.6 Å². The van der Waals surface area contributed by atoms with Crippen molar-refractivity contribution in [1.82, 2.24) is 70.5 Å². The molecule has 9 aromatic rings. The molecule has 10 heterocycles. The number of amides is 11. The van der Waals surface area contributed by atoms with Gasteiger partial charge in [-0.1, -0.05) is 132 Å². The van der Waals surface area contributed by atoms with Gasteiger partial charge >= 0.3 is 48.9 Å². The minimum atomic E-state index is -4.77. The van der Waals surface area contributed by atoms with Gasteiger partial charge in [-0.3, -0.25) is 34.3 Å². The lowest BCUT2D eigenvalue weighted by Crippen LogP contribution is -2.58. The number of alkyl halides is 10. The predicted octanol–water partition coefficient (Wildman–Crippen LogP) is 22.5. The van der Waals surface area contributed by atoms with Crippen molar-refractivity contribution >= 4 is 65.6 Å². The van der Waals surface area contributed by atoms with Crippen LogP contribution in [0.1, 0.15) is 240 Å². The van der Waals surface area contributed by atoms with Gasteiger partial charge in [0.05, 0.1) is 22.1 Å². The fraction of sp³-hybridized carbons (Fsp3) is 0.510. The summed E-state index contributed by atoms with van der Waals surface area (Å²) in [5.41, 5.74) is -6.46. The zero-order valence-corrected chi connectivity index (χ0v) is 85.9. The Balaban J connectivity index is 0.000000175. The molecule has 3 aromatic heterocycles. The fourth-order valence-corrected chi connectivity index (χ4v) is 18.0. The summed E-state index contributed by atoms with van der Waals surface area (Å²) in [6, 6.07) is 30.3. The van der Waals surface area contributed by atoms with Gasteiger partial charge in [0, 0.05) is 98.8 Å². The molecule has 0 radical (unpaired) electrons. The van der Waals surface area contributed by atoms with Gasteiger partial charge in [-0.15, -0.1) is 11.6 Å². The van der Waals surface area contributed by atoms with E-state index >= 15 is 0 Å². The third-order valence-electron chi connectivity index (χ3n) is 25.6. The molecule has 11 amide bonds.